The highest BCUT2D eigenvalue weighted by molar-refractivity contribution is 7.22. The number of aromatic nitrogens is 1. The second-order valence-corrected chi connectivity index (χ2v) is 8.21. The van der Waals surface area contributed by atoms with E-state index in [0.717, 1.165) is 41.4 Å². The van der Waals surface area contributed by atoms with Gasteiger partial charge in [0.2, 0.25) is 0 Å². The van der Waals surface area contributed by atoms with Crippen LogP contribution in [-0.4, -0.2) is 56.2 Å². The Morgan fingerprint density at radius 3 is 2.31 bits per heavy atom. The number of methoxy groups -OCH3 is 2. The first-order valence-corrected chi connectivity index (χ1v) is 11.5. The summed E-state index contributed by atoms with van der Waals surface area (Å²) in [6, 6.07) is 11.6. The second kappa shape index (κ2) is 12.0. The van der Waals surface area contributed by atoms with Crippen LogP contribution >= 0.6 is 23.7 Å². The molecular formula is C24H32ClN3O3S. The number of aryl methyl sites for hydroxylation is 1. The molecule has 0 fully saturated rings. The fourth-order valence-corrected chi connectivity index (χ4v) is 4.54. The number of anilines is 1. The molecule has 0 atom stereocenters. The summed E-state index contributed by atoms with van der Waals surface area (Å²) >= 11 is 1.56. The molecule has 0 N–H and O–H groups in total. The van der Waals surface area contributed by atoms with Gasteiger partial charge in [-0.15, -0.1) is 12.4 Å². The third-order valence-electron chi connectivity index (χ3n) is 5.49. The molecule has 1 aromatic heterocycles. The molecule has 2 aromatic carbocycles. The van der Waals surface area contributed by atoms with Crippen LogP contribution in [0.1, 0.15) is 36.7 Å². The minimum Gasteiger partial charge on any atom is -0.493 e. The van der Waals surface area contributed by atoms with Crippen LogP contribution in [0.3, 0.4) is 0 Å². The van der Waals surface area contributed by atoms with E-state index in [0.29, 0.717) is 23.6 Å². The van der Waals surface area contributed by atoms with Gasteiger partial charge in [-0.3, -0.25) is 9.69 Å². The van der Waals surface area contributed by atoms with Gasteiger partial charge in [0.05, 0.1) is 24.4 Å². The van der Waals surface area contributed by atoms with Gasteiger partial charge in [-0.05, 0) is 55.4 Å². The number of thiazole rings is 1. The number of hydrogen-bond acceptors (Lipinski definition) is 6. The van der Waals surface area contributed by atoms with Gasteiger partial charge in [0, 0.05) is 18.7 Å². The van der Waals surface area contributed by atoms with Gasteiger partial charge in [-0.2, -0.15) is 0 Å². The molecule has 0 aliphatic heterocycles. The minimum atomic E-state index is -0.0946. The van der Waals surface area contributed by atoms with Gasteiger partial charge in [-0.1, -0.05) is 38.2 Å². The monoisotopic (exact) mass is 477 g/mol. The van der Waals surface area contributed by atoms with Crippen molar-refractivity contribution in [3.8, 4) is 11.5 Å². The standard InChI is InChI=1S/C24H31N3O3S.ClH/c1-6-17-9-11-19-22(15-17)31-24(25-19)27(14-13-26(7-2)8-3)23(28)18-10-12-20(29-4)21(16-18)30-5;/h9-12,15-16H,6-8,13-14H2,1-5H3;1H. The Kier molecular flexibility index (Phi) is 9.75. The minimum absolute atomic E-state index is 0. The highest BCUT2D eigenvalue weighted by Gasteiger charge is 2.23. The molecule has 0 radical (unpaired) electrons. The molecule has 6 nitrogen and oxygen atoms in total. The van der Waals surface area contributed by atoms with Crippen molar-refractivity contribution in [2.45, 2.75) is 27.2 Å². The number of amides is 1. The van der Waals surface area contributed by atoms with Gasteiger partial charge >= 0.3 is 0 Å². The predicted molar refractivity (Wildman–Crippen MR) is 135 cm³/mol. The van der Waals surface area contributed by atoms with Crippen LogP contribution in [0, 0.1) is 0 Å². The first-order chi connectivity index (χ1) is 15.0. The zero-order valence-corrected chi connectivity index (χ0v) is 21.0. The average molecular weight is 478 g/mol. The lowest BCUT2D eigenvalue weighted by atomic mass is 10.1. The normalized spacial score (nSPS) is 10.8. The number of rotatable bonds is 10. The molecular weight excluding hydrogens is 446 g/mol. The van der Waals surface area contributed by atoms with E-state index in [2.05, 4.69) is 37.8 Å². The van der Waals surface area contributed by atoms with E-state index in [-0.39, 0.29) is 18.3 Å². The molecule has 0 saturated heterocycles. The molecule has 8 heteroatoms. The maximum absolute atomic E-state index is 13.6. The van der Waals surface area contributed by atoms with Crippen LogP contribution in [0.25, 0.3) is 10.2 Å². The summed E-state index contributed by atoms with van der Waals surface area (Å²) in [4.78, 5) is 22.5. The molecule has 3 rings (SSSR count). The summed E-state index contributed by atoms with van der Waals surface area (Å²) in [7, 11) is 3.16. The van der Waals surface area contributed by atoms with Crippen LogP contribution < -0.4 is 14.4 Å². The Bertz CT molecular complexity index is 1040. The molecule has 0 spiro atoms. The summed E-state index contributed by atoms with van der Waals surface area (Å²) in [5.74, 6) is 1.04. The van der Waals surface area contributed by atoms with Gasteiger partial charge in [0.1, 0.15) is 0 Å². The number of ether oxygens (including phenoxy) is 2. The van der Waals surface area contributed by atoms with Crippen molar-refractivity contribution in [1.82, 2.24) is 9.88 Å². The first kappa shape index (κ1) is 25.9. The Morgan fingerprint density at radius 2 is 1.69 bits per heavy atom. The fourth-order valence-electron chi connectivity index (χ4n) is 3.48. The van der Waals surface area contributed by atoms with Crippen molar-refractivity contribution in [1.29, 1.82) is 0 Å². The molecule has 0 unspecified atom stereocenters. The van der Waals surface area contributed by atoms with E-state index in [1.165, 1.54) is 5.56 Å². The van der Waals surface area contributed by atoms with Crippen molar-refractivity contribution >= 4 is 45.0 Å². The number of halogens is 1. The van der Waals surface area contributed by atoms with Crippen LogP contribution in [0.2, 0.25) is 0 Å². The highest BCUT2D eigenvalue weighted by atomic mass is 35.5. The molecule has 1 heterocycles. The highest BCUT2D eigenvalue weighted by Crippen LogP contribution is 2.32. The lowest BCUT2D eigenvalue weighted by molar-refractivity contribution is 0.0983. The Labute approximate surface area is 200 Å². The average Bonchev–Trinajstić information content (AvgIpc) is 3.23. The van der Waals surface area contributed by atoms with Gasteiger partial charge in [-0.25, -0.2) is 4.98 Å². The summed E-state index contributed by atoms with van der Waals surface area (Å²) in [6.07, 6.45) is 0.972. The van der Waals surface area contributed by atoms with Crippen molar-refractivity contribution < 1.29 is 14.3 Å². The van der Waals surface area contributed by atoms with E-state index >= 15 is 0 Å². The van der Waals surface area contributed by atoms with Crippen molar-refractivity contribution in [3.63, 3.8) is 0 Å². The second-order valence-electron chi connectivity index (χ2n) is 7.21. The lowest BCUT2D eigenvalue weighted by Gasteiger charge is -2.25. The predicted octanol–water partition coefficient (Wildman–Crippen LogP) is 5.29. The van der Waals surface area contributed by atoms with Crippen LogP contribution in [0.15, 0.2) is 36.4 Å². The zero-order chi connectivity index (χ0) is 22.4. The van der Waals surface area contributed by atoms with Gasteiger partial charge in [0.15, 0.2) is 16.6 Å². The van der Waals surface area contributed by atoms with Crippen molar-refractivity contribution in [2.24, 2.45) is 0 Å². The third kappa shape index (κ3) is 5.71. The van der Waals surface area contributed by atoms with E-state index in [9.17, 15) is 4.79 Å². The van der Waals surface area contributed by atoms with Gasteiger partial charge in [0.25, 0.3) is 5.91 Å². The largest absolute Gasteiger partial charge is 0.493 e. The lowest BCUT2D eigenvalue weighted by Crippen LogP contribution is -2.38. The van der Waals surface area contributed by atoms with E-state index in [4.69, 9.17) is 14.5 Å². The van der Waals surface area contributed by atoms with Crippen LogP contribution in [0.5, 0.6) is 11.5 Å². The first-order valence-electron chi connectivity index (χ1n) is 10.7. The van der Waals surface area contributed by atoms with Crippen molar-refractivity contribution in [2.75, 3.05) is 45.3 Å². The summed E-state index contributed by atoms with van der Waals surface area (Å²) < 4.78 is 11.8. The smallest absolute Gasteiger partial charge is 0.260 e. The van der Waals surface area contributed by atoms with Crippen molar-refractivity contribution in [3.05, 3.63) is 47.5 Å². The number of likely N-dealkylation sites (N-methyl/N-ethyl adjacent to an activating group) is 1. The molecule has 1 amide bonds. The quantitative estimate of drug-likeness (QED) is 0.397. The zero-order valence-electron chi connectivity index (χ0n) is 19.4. The number of carbonyl (C=O) groups excluding carboxylic acids is 1. The SMILES string of the molecule is CCc1ccc2nc(N(CCN(CC)CC)C(=O)c3ccc(OC)c(OC)c3)sc2c1.Cl. The summed E-state index contributed by atoms with van der Waals surface area (Å²) in [6.45, 7) is 9.63. The van der Waals surface area contributed by atoms with Crippen LogP contribution in [-0.2, 0) is 6.42 Å². The fraction of sp³-hybridized carbons (Fsp3) is 0.417. The number of nitrogens with zero attached hydrogens (tertiary/aromatic N) is 3. The molecule has 32 heavy (non-hydrogen) atoms. The summed E-state index contributed by atoms with van der Waals surface area (Å²) in [5.41, 5.74) is 2.74. The van der Waals surface area contributed by atoms with Crippen LogP contribution in [0.4, 0.5) is 5.13 Å². The molecule has 0 aliphatic carbocycles. The topological polar surface area (TPSA) is 54.9 Å². The Morgan fingerprint density at radius 1 is 0.969 bits per heavy atom. The van der Waals surface area contributed by atoms with E-state index in [1.54, 1.807) is 48.7 Å². The number of fused-ring (bicyclic) bond motifs is 1. The maximum Gasteiger partial charge on any atom is 0.260 e. The number of carbonyl (C=O) groups is 1. The Balaban J connectivity index is 0.00000363. The third-order valence-corrected chi connectivity index (χ3v) is 6.53. The number of benzene rings is 2. The molecule has 0 bridgehead atoms. The number of hydrogen-bond donors (Lipinski definition) is 0. The Hall–Kier alpha value is -2.35. The summed E-state index contributed by atoms with van der Waals surface area (Å²) in [5, 5.41) is 0.718. The molecule has 3 aromatic rings. The van der Waals surface area contributed by atoms with Gasteiger partial charge < -0.3 is 14.4 Å². The molecule has 174 valence electrons. The maximum atomic E-state index is 13.6. The van der Waals surface area contributed by atoms with E-state index < -0.39 is 0 Å². The van der Waals surface area contributed by atoms with E-state index in [1.807, 2.05) is 6.07 Å². The molecule has 0 saturated carbocycles. The molecule has 0 aliphatic rings.